The molecule has 2 fully saturated rings. The van der Waals surface area contributed by atoms with Gasteiger partial charge in [0.15, 0.2) is 0 Å². The predicted octanol–water partition coefficient (Wildman–Crippen LogP) is 0.504. The van der Waals surface area contributed by atoms with Gasteiger partial charge in [0.05, 0.1) is 6.07 Å². The molecule has 0 amide bonds. The van der Waals surface area contributed by atoms with Crippen LogP contribution >= 0.6 is 0 Å². The fourth-order valence-electron chi connectivity index (χ4n) is 2.09. The van der Waals surface area contributed by atoms with Gasteiger partial charge in [0.25, 0.3) is 0 Å². The summed E-state index contributed by atoms with van der Waals surface area (Å²) < 4.78 is 0. The molecule has 0 saturated carbocycles. The number of rotatable bonds is 1. The average Bonchev–Trinajstić information content (AvgIpc) is 2.12. The van der Waals surface area contributed by atoms with E-state index in [1.54, 1.807) is 6.08 Å². The number of nitriles is 1. The lowest BCUT2D eigenvalue weighted by Crippen LogP contribution is -2.50. The van der Waals surface area contributed by atoms with Gasteiger partial charge < -0.3 is 5.32 Å². The second-order valence-electron chi connectivity index (χ2n) is 3.82. The van der Waals surface area contributed by atoms with E-state index in [0.717, 1.165) is 32.2 Å². The van der Waals surface area contributed by atoms with Crippen LogP contribution < -0.4 is 5.32 Å². The van der Waals surface area contributed by atoms with Gasteiger partial charge in [-0.25, -0.2) is 0 Å². The molecule has 2 heterocycles. The molecule has 2 rings (SSSR count). The van der Waals surface area contributed by atoms with Gasteiger partial charge in [0.2, 0.25) is 0 Å². The molecular weight excluding hydrogens is 162 g/mol. The molecule has 13 heavy (non-hydrogen) atoms. The van der Waals surface area contributed by atoms with Crippen LogP contribution in [0.2, 0.25) is 0 Å². The van der Waals surface area contributed by atoms with Crippen molar-refractivity contribution in [2.45, 2.75) is 18.9 Å². The topological polar surface area (TPSA) is 39.1 Å². The van der Waals surface area contributed by atoms with Crippen LogP contribution in [-0.4, -0.2) is 37.1 Å². The highest BCUT2D eigenvalue weighted by molar-refractivity contribution is 5.22. The Balaban J connectivity index is 1.79. The number of allylic oxidation sites excluding steroid dienone is 1. The molecule has 0 aromatic rings. The SMILES string of the molecule is N#CC=C1CN(C2CCNCC2)C1. The van der Waals surface area contributed by atoms with E-state index in [2.05, 4.69) is 16.3 Å². The molecule has 0 aliphatic carbocycles. The van der Waals surface area contributed by atoms with E-state index in [4.69, 9.17) is 5.26 Å². The molecule has 0 aromatic carbocycles. The highest BCUT2D eigenvalue weighted by Crippen LogP contribution is 2.22. The van der Waals surface area contributed by atoms with E-state index < -0.39 is 0 Å². The quantitative estimate of drug-likeness (QED) is 0.593. The number of nitrogens with zero attached hydrogens (tertiary/aromatic N) is 2. The Bertz CT molecular complexity index is 237. The zero-order valence-corrected chi connectivity index (χ0v) is 7.79. The van der Waals surface area contributed by atoms with Gasteiger partial charge in [-0.15, -0.1) is 0 Å². The summed E-state index contributed by atoms with van der Waals surface area (Å²) in [6, 6.07) is 2.85. The van der Waals surface area contributed by atoms with Crippen molar-refractivity contribution in [3.8, 4) is 6.07 Å². The van der Waals surface area contributed by atoms with Gasteiger partial charge in [-0.05, 0) is 31.5 Å². The van der Waals surface area contributed by atoms with E-state index in [1.165, 1.54) is 18.4 Å². The maximum atomic E-state index is 8.44. The van der Waals surface area contributed by atoms with Crippen LogP contribution in [0.3, 0.4) is 0 Å². The lowest BCUT2D eigenvalue weighted by molar-refractivity contribution is 0.143. The van der Waals surface area contributed by atoms with Crippen molar-refractivity contribution in [1.82, 2.24) is 10.2 Å². The molecule has 0 unspecified atom stereocenters. The van der Waals surface area contributed by atoms with E-state index in [0.29, 0.717) is 0 Å². The molecular formula is C10H15N3. The summed E-state index contributed by atoms with van der Waals surface area (Å²) >= 11 is 0. The first-order valence-corrected chi connectivity index (χ1v) is 4.92. The van der Waals surface area contributed by atoms with Gasteiger partial charge in [-0.2, -0.15) is 5.26 Å². The Hall–Kier alpha value is -0.850. The highest BCUT2D eigenvalue weighted by atomic mass is 15.2. The molecule has 2 saturated heterocycles. The van der Waals surface area contributed by atoms with Crippen molar-refractivity contribution in [1.29, 1.82) is 5.26 Å². The summed E-state index contributed by atoms with van der Waals surface area (Å²) in [7, 11) is 0. The minimum Gasteiger partial charge on any atom is -0.317 e. The molecule has 3 nitrogen and oxygen atoms in total. The molecule has 2 aliphatic rings. The molecule has 0 radical (unpaired) electrons. The Morgan fingerprint density at radius 2 is 2.08 bits per heavy atom. The third-order valence-corrected chi connectivity index (χ3v) is 2.91. The molecule has 1 N–H and O–H groups in total. The fraction of sp³-hybridized carbons (Fsp3) is 0.700. The largest absolute Gasteiger partial charge is 0.317 e. The van der Waals surface area contributed by atoms with Gasteiger partial charge in [0, 0.05) is 25.2 Å². The lowest BCUT2D eigenvalue weighted by atomic mass is 9.98. The van der Waals surface area contributed by atoms with E-state index in [9.17, 15) is 0 Å². The fourth-order valence-corrected chi connectivity index (χ4v) is 2.09. The molecule has 3 heteroatoms. The van der Waals surface area contributed by atoms with Crippen LogP contribution in [-0.2, 0) is 0 Å². The molecule has 0 bridgehead atoms. The summed E-state index contributed by atoms with van der Waals surface area (Å²) in [5, 5.41) is 11.8. The van der Waals surface area contributed by atoms with E-state index in [-0.39, 0.29) is 0 Å². The van der Waals surface area contributed by atoms with Crippen LogP contribution in [0.4, 0.5) is 0 Å². The molecule has 2 aliphatic heterocycles. The Labute approximate surface area is 79.0 Å². The highest BCUT2D eigenvalue weighted by Gasteiger charge is 2.28. The van der Waals surface area contributed by atoms with Crippen molar-refractivity contribution < 1.29 is 0 Å². The standard InChI is InChI=1S/C10H15N3/c11-4-1-9-7-13(8-9)10-2-5-12-6-3-10/h1,10,12H,2-3,5-8H2. The Kier molecular flexibility index (Phi) is 2.62. The van der Waals surface area contributed by atoms with E-state index in [1.807, 2.05) is 0 Å². The van der Waals surface area contributed by atoms with Crippen LogP contribution in [0, 0.1) is 11.3 Å². The summed E-state index contributed by atoms with van der Waals surface area (Å²) in [5.74, 6) is 0. The first kappa shape index (κ1) is 8.74. The second-order valence-corrected chi connectivity index (χ2v) is 3.82. The number of hydrogen-bond acceptors (Lipinski definition) is 3. The third kappa shape index (κ3) is 1.90. The van der Waals surface area contributed by atoms with Crippen molar-refractivity contribution in [2.24, 2.45) is 0 Å². The smallest absolute Gasteiger partial charge is 0.0912 e. The van der Waals surface area contributed by atoms with Crippen LogP contribution in [0.1, 0.15) is 12.8 Å². The molecule has 70 valence electrons. The van der Waals surface area contributed by atoms with Crippen LogP contribution in [0.25, 0.3) is 0 Å². The van der Waals surface area contributed by atoms with Crippen LogP contribution in [0.5, 0.6) is 0 Å². The summed E-state index contributed by atoms with van der Waals surface area (Å²) in [4.78, 5) is 2.48. The monoisotopic (exact) mass is 177 g/mol. The maximum Gasteiger partial charge on any atom is 0.0912 e. The first-order chi connectivity index (χ1) is 6.40. The average molecular weight is 177 g/mol. The number of likely N-dealkylation sites (tertiary alicyclic amines) is 1. The third-order valence-electron chi connectivity index (χ3n) is 2.91. The van der Waals surface area contributed by atoms with Crippen molar-refractivity contribution in [3.63, 3.8) is 0 Å². The molecule has 0 aromatic heterocycles. The summed E-state index contributed by atoms with van der Waals surface area (Å²) in [6.07, 6.45) is 4.22. The number of nitrogens with one attached hydrogen (secondary N) is 1. The van der Waals surface area contributed by atoms with Gasteiger partial charge in [-0.3, -0.25) is 4.90 Å². The lowest BCUT2D eigenvalue weighted by Gasteiger charge is -2.42. The van der Waals surface area contributed by atoms with Crippen molar-refractivity contribution in [2.75, 3.05) is 26.2 Å². The molecule has 0 spiro atoms. The normalized spacial score (nSPS) is 25.0. The zero-order chi connectivity index (χ0) is 9.10. The minimum absolute atomic E-state index is 0.761. The zero-order valence-electron chi connectivity index (χ0n) is 7.79. The second kappa shape index (κ2) is 3.91. The van der Waals surface area contributed by atoms with Gasteiger partial charge >= 0.3 is 0 Å². The van der Waals surface area contributed by atoms with Crippen molar-refractivity contribution >= 4 is 0 Å². The van der Waals surface area contributed by atoms with Gasteiger partial charge in [-0.1, -0.05) is 0 Å². The maximum absolute atomic E-state index is 8.44. The molecule has 0 atom stereocenters. The number of hydrogen-bond donors (Lipinski definition) is 1. The Morgan fingerprint density at radius 1 is 1.38 bits per heavy atom. The minimum atomic E-state index is 0.761. The first-order valence-electron chi connectivity index (χ1n) is 4.92. The van der Waals surface area contributed by atoms with Gasteiger partial charge in [0.1, 0.15) is 0 Å². The van der Waals surface area contributed by atoms with Crippen molar-refractivity contribution in [3.05, 3.63) is 11.6 Å². The summed E-state index contributed by atoms with van der Waals surface area (Å²) in [5.41, 5.74) is 1.29. The van der Waals surface area contributed by atoms with E-state index >= 15 is 0 Å². The number of piperidine rings is 1. The summed E-state index contributed by atoms with van der Waals surface area (Å²) in [6.45, 7) is 4.35. The Morgan fingerprint density at radius 3 is 2.69 bits per heavy atom. The van der Waals surface area contributed by atoms with Crippen LogP contribution in [0.15, 0.2) is 11.6 Å². The predicted molar refractivity (Wildman–Crippen MR) is 51.2 cm³/mol.